The van der Waals surface area contributed by atoms with E-state index < -0.39 is 10.8 Å². The molecule has 0 aliphatic heterocycles. The molecular formula is C60H37N. The molecule has 14 rings (SSSR count). The van der Waals surface area contributed by atoms with Crippen LogP contribution in [-0.4, -0.2) is 4.57 Å². The third kappa shape index (κ3) is 4.02. The Hall–Kier alpha value is -7.74. The van der Waals surface area contributed by atoms with E-state index in [1.165, 1.54) is 110 Å². The van der Waals surface area contributed by atoms with E-state index in [1.807, 2.05) is 0 Å². The largest absolute Gasteiger partial charge is 0.309 e. The van der Waals surface area contributed by atoms with E-state index in [9.17, 15) is 0 Å². The van der Waals surface area contributed by atoms with E-state index in [0.717, 1.165) is 5.69 Å². The highest BCUT2D eigenvalue weighted by molar-refractivity contribution is 6.22. The van der Waals surface area contributed by atoms with Crippen molar-refractivity contribution in [2.45, 2.75) is 10.8 Å². The molecule has 0 N–H and O–H groups in total. The lowest BCUT2D eigenvalue weighted by Gasteiger charge is -2.48. The Morgan fingerprint density at radius 1 is 0.279 bits per heavy atom. The summed E-state index contributed by atoms with van der Waals surface area (Å²) in [5, 5.41) is 5.10. The lowest BCUT2D eigenvalue weighted by atomic mass is 9.52. The van der Waals surface area contributed by atoms with Crippen molar-refractivity contribution in [2.75, 3.05) is 0 Å². The van der Waals surface area contributed by atoms with Crippen LogP contribution in [0.4, 0.5) is 0 Å². The zero-order chi connectivity index (χ0) is 39.9. The van der Waals surface area contributed by atoms with Gasteiger partial charge in [0.1, 0.15) is 0 Å². The summed E-state index contributed by atoms with van der Waals surface area (Å²) in [4.78, 5) is 0. The van der Waals surface area contributed by atoms with Crippen molar-refractivity contribution in [2.24, 2.45) is 0 Å². The van der Waals surface area contributed by atoms with Crippen LogP contribution in [0.2, 0.25) is 0 Å². The second-order valence-corrected chi connectivity index (χ2v) is 17.1. The first-order chi connectivity index (χ1) is 30.3. The smallest absolute Gasteiger partial charge is 0.0720 e. The second-order valence-electron chi connectivity index (χ2n) is 17.1. The topological polar surface area (TPSA) is 4.93 Å². The fourth-order valence-corrected chi connectivity index (χ4v) is 12.2. The van der Waals surface area contributed by atoms with Crippen LogP contribution in [0.1, 0.15) is 44.5 Å². The second kappa shape index (κ2) is 11.9. The number of hydrogen-bond donors (Lipinski definition) is 0. The molecule has 1 aromatic heterocycles. The van der Waals surface area contributed by atoms with Crippen molar-refractivity contribution in [3.05, 3.63) is 269 Å². The predicted molar refractivity (Wildman–Crippen MR) is 252 cm³/mol. The van der Waals surface area contributed by atoms with Gasteiger partial charge in [-0.1, -0.05) is 194 Å². The van der Waals surface area contributed by atoms with Crippen molar-refractivity contribution in [1.82, 2.24) is 4.57 Å². The molecule has 1 heteroatoms. The summed E-state index contributed by atoms with van der Waals surface area (Å²) in [6.45, 7) is 0. The molecule has 10 aromatic carbocycles. The van der Waals surface area contributed by atoms with E-state index in [0.29, 0.717) is 0 Å². The van der Waals surface area contributed by atoms with Crippen LogP contribution in [0.5, 0.6) is 0 Å². The highest BCUT2D eigenvalue weighted by atomic mass is 15.0. The van der Waals surface area contributed by atoms with Crippen molar-refractivity contribution in [3.63, 3.8) is 0 Å². The minimum atomic E-state index is -0.564. The Bertz CT molecular complexity index is 3550. The molecule has 1 heterocycles. The van der Waals surface area contributed by atoms with E-state index in [-0.39, 0.29) is 0 Å². The van der Waals surface area contributed by atoms with Crippen molar-refractivity contribution < 1.29 is 0 Å². The van der Waals surface area contributed by atoms with Gasteiger partial charge >= 0.3 is 0 Å². The molecule has 0 radical (unpaired) electrons. The summed E-state index contributed by atoms with van der Waals surface area (Å²) in [5.74, 6) is 0. The zero-order valence-electron chi connectivity index (χ0n) is 33.3. The van der Waals surface area contributed by atoms with Gasteiger partial charge in [-0.15, -0.1) is 0 Å². The molecule has 0 bridgehead atoms. The van der Waals surface area contributed by atoms with Gasteiger partial charge < -0.3 is 4.57 Å². The monoisotopic (exact) mass is 771 g/mol. The molecule has 0 unspecified atom stereocenters. The van der Waals surface area contributed by atoms with Gasteiger partial charge in [0.15, 0.2) is 0 Å². The average molecular weight is 772 g/mol. The molecule has 3 aliphatic rings. The molecule has 0 saturated carbocycles. The molecular weight excluding hydrogens is 735 g/mol. The quantitative estimate of drug-likeness (QED) is 0.165. The van der Waals surface area contributed by atoms with E-state index in [2.05, 4.69) is 229 Å². The highest BCUT2D eigenvalue weighted by Gasteiger charge is 2.59. The summed E-state index contributed by atoms with van der Waals surface area (Å²) in [5.41, 5.74) is 21.1. The number of fused-ring (bicyclic) bond motifs is 21. The first-order valence-electron chi connectivity index (χ1n) is 21.4. The molecule has 2 spiro atoms. The summed E-state index contributed by atoms with van der Waals surface area (Å²) >= 11 is 0. The van der Waals surface area contributed by atoms with Gasteiger partial charge in [0.2, 0.25) is 0 Å². The number of nitrogens with zero attached hydrogens (tertiary/aromatic N) is 1. The number of hydrogen-bond acceptors (Lipinski definition) is 0. The van der Waals surface area contributed by atoms with Crippen LogP contribution < -0.4 is 0 Å². The van der Waals surface area contributed by atoms with Crippen LogP contribution in [0.25, 0.3) is 71.6 Å². The maximum atomic E-state index is 2.58. The fraction of sp³-hybridized carbons (Fsp3) is 0.0333. The Morgan fingerprint density at radius 2 is 0.738 bits per heavy atom. The fourth-order valence-electron chi connectivity index (χ4n) is 12.2. The zero-order valence-corrected chi connectivity index (χ0v) is 33.3. The van der Waals surface area contributed by atoms with Crippen LogP contribution >= 0.6 is 0 Å². The Labute approximate surface area is 354 Å². The Kier molecular flexibility index (Phi) is 6.48. The Morgan fingerprint density at radius 3 is 1.33 bits per heavy atom. The molecule has 0 amide bonds. The van der Waals surface area contributed by atoms with Gasteiger partial charge in [-0.25, -0.2) is 0 Å². The van der Waals surface area contributed by atoms with Crippen LogP contribution in [0.15, 0.2) is 224 Å². The minimum absolute atomic E-state index is 0.471. The molecule has 11 aromatic rings. The third-order valence-electron chi connectivity index (χ3n) is 14.5. The predicted octanol–water partition coefficient (Wildman–Crippen LogP) is 14.6. The first-order valence-corrected chi connectivity index (χ1v) is 21.4. The summed E-state index contributed by atoms with van der Waals surface area (Å²) in [7, 11) is 0. The van der Waals surface area contributed by atoms with Gasteiger partial charge in [0.25, 0.3) is 0 Å². The van der Waals surface area contributed by atoms with Crippen molar-refractivity contribution in [3.8, 4) is 39.1 Å². The first kappa shape index (κ1) is 33.1. The average Bonchev–Trinajstić information content (AvgIpc) is 3.93. The van der Waals surface area contributed by atoms with E-state index in [4.69, 9.17) is 0 Å². The molecule has 282 valence electrons. The summed E-state index contributed by atoms with van der Waals surface area (Å²) < 4.78 is 2.52. The van der Waals surface area contributed by atoms with Gasteiger partial charge in [0, 0.05) is 16.5 Å². The van der Waals surface area contributed by atoms with Crippen molar-refractivity contribution in [1.29, 1.82) is 0 Å². The van der Waals surface area contributed by atoms with Crippen LogP contribution in [-0.2, 0) is 10.8 Å². The minimum Gasteiger partial charge on any atom is -0.309 e. The van der Waals surface area contributed by atoms with Crippen LogP contribution in [0.3, 0.4) is 0 Å². The number of rotatable bonds is 2. The maximum absolute atomic E-state index is 2.58. The number of aromatic nitrogens is 1. The molecule has 0 fully saturated rings. The molecule has 0 atom stereocenters. The SMILES string of the molecule is c1ccc(-c2ccc(-n3c4cc5c(cc4c4c6ccccc6ccc43)-c3ccccc3C53c4ccccc4C4(c5ccccc5-c5ccccc54)c4ccccc43)cc2)cc1. The lowest BCUT2D eigenvalue weighted by molar-refractivity contribution is 0.633. The summed E-state index contributed by atoms with van der Waals surface area (Å²) in [6, 6.07) is 84.8. The van der Waals surface area contributed by atoms with Gasteiger partial charge in [-0.05, 0) is 119 Å². The Balaban J connectivity index is 1.13. The van der Waals surface area contributed by atoms with Gasteiger partial charge in [-0.3, -0.25) is 0 Å². The van der Waals surface area contributed by atoms with E-state index in [1.54, 1.807) is 0 Å². The maximum Gasteiger partial charge on any atom is 0.0720 e. The standard InChI is InChI=1S/C60H37N/c1-2-16-38(17-3-1)39-30-33-41(34-31-39)61-56-35-32-40-18-4-5-19-42(40)58(56)47-36-46-45-22-8-11-25-50(45)60(55(46)37-57(47)61)53-28-14-12-26-51(53)59(52-27-13-15-29-54(52)60)48-23-9-6-20-43(48)44-21-7-10-24-49(44)59/h1-37H. The summed E-state index contributed by atoms with van der Waals surface area (Å²) in [6.07, 6.45) is 0. The normalized spacial score (nSPS) is 14.5. The highest BCUT2D eigenvalue weighted by Crippen LogP contribution is 2.67. The number of benzene rings is 10. The molecule has 3 aliphatic carbocycles. The van der Waals surface area contributed by atoms with E-state index >= 15 is 0 Å². The third-order valence-corrected chi connectivity index (χ3v) is 14.5. The molecule has 1 nitrogen and oxygen atoms in total. The van der Waals surface area contributed by atoms with Crippen molar-refractivity contribution >= 4 is 32.6 Å². The lowest BCUT2D eigenvalue weighted by Crippen LogP contribution is -2.43. The van der Waals surface area contributed by atoms with Gasteiger partial charge in [0.05, 0.1) is 21.9 Å². The van der Waals surface area contributed by atoms with Crippen LogP contribution in [0, 0.1) is 0 Å². The molecule has 0 saturated heterocycles. The van der Waals surface area contributed by atoms with Gasteiger partial charge in [-0.2, -0.15) is 0 Å². The molecule has 61 heavy (non-hydrogen) atoms.